The van der Waals surface area contributed by atoms with Gasteiger partial charge in [-0.3, -0.25) is 9.59 Å². The molecule has 0 atom stereocenters. The van der Waals surface area contributed by atoms with E-state index in [1.807, 2.05) is 0 Å². The highest BCUT2D eigenvalue weighted by molar-refractivity contribution is 5.70. The standard InChI is InChI=1S/C14H19N5O5/c1-9(20)23-6-14(22,7-24-10(2)21)3-4-19-8-17-11-5-16-13(15)18-12(11)19/h5,8,22H,3-4,6-7H2,1-2H3,(H2,15,16,18)/i3D2,4D2. The van der Waals surface area contributed by atoms with Crippen LogP contribution in [0.15, 0.2) is 12.5 Å². The fraction of sp³-hybridized carbons (Fsp3) is 0.500. The average Bonchev–Trinajstić information content (AvgIpc) is 3.01. The first-order valence-electron chi connectivity index (χ1n) is 8.77. The van der Waals surface area contributed by atoms with Crippen LogP contribution in [0.5, 0.6) is 0 Å². The number of hydrogen-bond acceptors (Lipinski definition) is 9. The van der Waals surface area contributed by atoms with Crippen LogP contribution in [0.4, 0.5) is 5.95 Å². The molecule has 0 saturated heterocycles. The van der Waals surface area contributed by atoms with Crippen molar-refractivity contribution in [2.45, 2.75) is 32.3 Å². The van der Waals surface area contributed by atoms with Crippen LogP contribution in [0.1, 0.15) is 25.7 Å². The van der Waals surface area contributed by atoms with Gasteiger partial charge in [0.05, 0.1) is 12.5 Å². The van der Waals surface area contributed by atoms with Crippen molar-refractivity contribution in [3.05, 3.63) is 12.5 Å². The summed E-state index contributed by atoms with van der Waals surface area (Å²) in [6.07, 6.45) is -0.962. The number of anilines is 1. The Morgan fingerprint density at radius 1 is 1.33 bits per heavy atom. The lowest BCUT2D eigenvalue weighted by molar-refractivity contribution is -0.161. The lowest BCUT2D eigenvalue weighted by atomic mass is 10.0. The highest BCUT2D eigenvalue weighted by atomic mass is 16.6. The van der Waals surface area contributed by atoms with Crippen molar-refractivity contribution in [2.75, 3.05) is 18.9 Å². The molecule has 0 aliphatic carbocycles. The molecule has 0 radical (unpaired) electrons. The topological polar surface area (TPSA) is 142 Å². The van der Waals surface area contributed by atoms with Crippen molar-refractivity contribution in [2.24, 2.45) is 0 Å². The van der Waals surface area contributed by atoms with Gasteiger partial charge in [0.25, 0.3) is 0 Å². The van der Waals surface area contributed by atoms with Crippen LogP contribution in [0.25, 0.3) is 11.2 Å². The lowest BCUT2D eigenvalue weighted by Crippen LogP contribution is -2.41. The Kier molecular flexibility index (Phi) is 3.80. The summed E-state index contributed by atoms with van der Waals surface area (Å²) in [5.41, 5.74) is 2.79. The molecule has 0 spiro atoms. The van der Waals surface area contributed by atoms with Crippen LogP contribution in [0.3, 0.4) is 0 Å². The van der Waals surface area contributed by atoms with Crippen molar-refractivity contribution >= 4 is 29.1 Å². The Hall–Kier alpha value is -2.75. The van der Waals surface area contributed by atoms with Gasteiger partial charge in [0.2, 0.25) is 5.95 Å². The van der Waals surface area contributed by atoms with E-state index >= 15 is 0 Å². The van der Waals surface area contributed by atoms with Gasteiger partial charge in [0.15, 0.2) is 5.65 Å². The van der Waals surface area contributed by atoms with E-state index in [0.29, 0.717) is 0 Å². The number of ether oxygens (including phenoxy) is 2. The molecule has 0 aliphatic rings. The molecule has 0 aromatic carbocycles. The summed E-state index contributed by atoms with van der Waals surface area (Å²) in [5.74, 6) is -1.88. The minimum Gasteiger partial charge on any atom is -0.463 e. The molecule has 0 saturated carbocycles. The highest BCUT2D eigenvalue weighted by Crippen LogP contribution is 2.17. The normalized spacial score (nSPS) is 15.1. The zero-order valence-corrected chi connectivity index (χ0v) is 13.0. The van der Waals surface area contributed by atoms with Gasteiger partial charge in [-0.05, 0) is 0 Å². The first-order valence-corrected chi connectivity index (χ1v) is 6.77. The number of aromatic nitrogens is 4. The monoisotopic (exact) mass is 341 g/mol. The first kappa shape index (κ1) is 12.6. The summed E-state index contributed by atoms with van der Waals surface area (Å²) in [4.78, 5) is 33.8. The van der Waals surface area contributed by atoms with Crippen LogP contribution in [-0.4, -0.2) is 55.4 Å². The molecule has 10 nitrogen and oxygen atoms in total. The third-order valence-corrected chi connectivity index (χ3v) is 2.75. The molecule has 10 heteroatoms. The van der Waals surface area contributed by atoms with Crippen molar-refractivity contribution in [3.8, 4) is 0 Å². The smallest absolute Gasteiger partial charge is 0.302 e. The number of carbonyl (C=O) groups is 2. The Labute approximate surface area is 143 Å². The maximum Gasteiger partial charge on any atom is 0.302 e. The zero-order valence-electron chi connectivity index (χ0n) is 17.0. The van der Waals surface area contributed by atoms with Crippen LogP contribution in [0, 0.1) is 0 Å². The first-order chi connectivity index (χ1) is 12.8. The van der Waals surface area contributed by atoms with Gasteiger partial charge < -0.3 is 24.9 Å². The van der Waals surface area contributed by atoms with Gasteiger partial charge in [0.1, 0.15) is 24.3 Å². The van der Waals surface area contributed by atoms with E-state index in [4.69, 9.17) is 11.2 Å². The van der Waals surface area contributed by atoms with Gasteiger partial charge in [-0.1, -0.05) is 0 Å². The molecule has 0 bridgehead atoms. The second-order valence-electron chi connectivity index (χ2n) is 4.88. The molecule has 2 heterocycles. The Morgan fingerprint density at radius 3 is 2.54 bits per heavy atom. The number of rotatable bonds is 7. The zero-order chi connectivity index (χ0) is 21.3. The molecular weight excluding hydrogens is 318 g/mol. The van der Waals surface area contributed by atoms with Crippen LogP contribution < -0.4 is 5.73 Å². The van der Waals surface area contributed by atoms with E-state index in [-0.39, 0.29) is 17.1 Å². The molecule has 2 aromatic heterocycles. The van der Waals surface area contributed by atoms with Crippen LogP contribution in [-0.2, 0) is 25.6 Å². The van der Waals surface area contributed by atoms with Crippen molar-refractivity contribution < 1.29 is 29.7 Å². The predicted octanol–water partition coefficient (Wildman–Crippen LogP) is -0.344. The number of nitrogen functional groups attached to an aromatic ring is 1. The summed E-state index contributed by atoms with van der Waals surface area (Å²) in [6, 6.07) is 0. The molecule has 2 aromatic rings. The molecule has 130 valence electrons. The Balaban J connectivity index is 2.54. The van der Waals surface area contributed by atoms with E-state index in [2.05, 4.69) is 24.4 Å². The lowest BCUT2D eigenvalue weighted by Gasteiger charge is -2.27. The van der Waals surface area contributed by atoms with Crippen molar-refractivity contribution in [1.82, 2.24) is 19.5 Å². The van der Waals surface area contributed by atoms with E-state index < -0.39 is 43.6 Å². The maximum atomic E-state index is 11.1. The second-order valence-corrected chi connectivity index (χ2v) is 4.88. The predicted molar refractivity (Wildman–Crippen MR) is 82.6 cm³/mol. The largest absolute Gasteiger partial charge is 0.463 e. The van der Waals surface area contributed by atoms with Crippen LogP contribution >= 0.6 is 0 Å². The van der Waals surface area contributed by atoms with Gasteiger partial charge in [0, 0.05) is 32.2 Å². The van der Waals surface area contributed by atoms with Gasteiger partial charge in [-0.25, -0.2) is 9.97 Å². The quantitative estimate of drug-likeness (QED) is 0.646. The number of carbonyl (C=O) groups excluding carboxylic acids is 2. The molecule has 24 heavy (non-hydrogen) atoms. The van der Waals surface area contributed by atoms with Crippen molar-refractivity contribution in [3.63, 3.8) is 0 Å². The Morgan fingerprint density at radius 2 is 1.96 bits per heavy atom. The van der Waals surface area contributed by atoms with E-state index in [1.165, 1.54) is 6.20 Å². The number of nitrogens with two attached hydrogens (primary N) is 1. The second kappa shape index (κ2) is 7.21. The van der Waals surface area contributed by atoms with E-state index in [1.54, 1.807) is 0 Å². The summed E-state index contributed by atoms with van der Waals surface area (Å²) in [7, 11) is 0. The highest BCUT2D eigenvalue weighted by Gasteiger charge is 2.30. The fourth-order valence-electron chi connectivity index (χ4n) is 1.62. The maximum absolute atomic E-state index is 11.1. The summed E-state index contributed by atoms with van der Waals surface area (Å²) >= 11 is 0. The number of aryl methyl sites for hydroxylation is 1. The minimum atomic E-state index is -3.15. The number of esters is 2. The molecular formula is C14H19N5O5. The number of nitrogens with zero attached hydrogens (tertiary/aromatic N) is 4. The summed E-state index contributed by atoms with van der Waals surface area (Å²) in [6.45, 7) is -2.87. The van der Waals surface area contributed by atoms with E-state index in [0.717, 1.165) is 24.7 Å². The van der Waals surface area contributed by atoms with Gasteiger partial charge in [-0.15, -0.1) is 0 Å². The van der Waals surface area contributed by atoms with E-state index in [9.17, 15) is 14.7 Å². The molecule has 0 amide bonds. The number of aliphatic hydroxyl groups is 1. The fourth-order valence-corrected chi connectivity index (χ4v) is 1.62. The number of imidazole rings is 1. The molecule has 0 unspecified atom stereocenters. The van der Waals surface area contributed by atoms with Crippen LogP contribution in [0.2, 0.25) is 0 Å². The minimum absolute atomic E-state index is 0.122. The number of fused-ring (bicyclic) bond motifs is 1. The SMILES string of the molecule is [2H]C([2H])(n1cnc2cnc(N)nc21)C([2H])([2H])C(O)(COC(C)=O)COC(C)=O. The van der Waals surface area contributed by atoms with Gasteiger partial charge in [-0.2, -0.15) is 4.98 Å². The van der Waals surface area contributed by atoms with Gasteiger partial charge >= 0.3 is 11.9 Å². The Bertz CT molecular complexity index is 885. The number of hydrogen-bond donors (Lipinski definition) is 2. The third-order valence-electron chi connectivity index (χ3n) is 2.75. The molecule has 3 N–H and O–H groups in total. The van der Waals surface area contributed by atoms with Crippen molar-refractivity contribution in [1.29, 1.82) is 0 Å². The molecule has 0 fully saturated rings. The molecule has 0 aliphatic heterocycles. The summed E-state index contributed by atoms with van der Waals surface area (Å²) < 4.78 is 43.4. The third kappa shape index (κ3) is 4.62. The average molecular weight is 341 g/mol. The summed E-state index contributed by atoms with van der Waals surface area (Å²) in [5, 5.41) is 10.8. The molecule has 2 rings (SSSR count).